The van der Waals surface area contributed by atoms with Crippen molar-refractivity contribution in [2.45, 2.75) is 30.4 Å². The zero-order valence-corrected chi connectivity index (χ0v) is 11.3. The Bertz CT molecular complexity index is 580. The number of allylic oxidation sites excluding steroid dienone is 1. The van der Waals surface area contributed by atoms with Gasteiger partial charge in [-0.1, -0.05) is 18.2 Å². The van der Waals surface area contributed by atoms with E-state index in [0.29, 0.717) is 12.8 Å². The van der Waals surface area contributed by atoms with Crippen LogP contribution in [0.5, 0.6) is 0 Å². The molecule has 1 aromatic rings. The van der Waals surface area contributed by atoms with Crippen LogP contribution in [-0.2, 0) is 10.0 Å². The summed E-state index contributed by atoms with van der Waals surface area (Å²) < 4.78 is 25.9. The van der Waals surface area contributed by atoms with Gasteiger partial charge in [-0.15, -0.1) is 0 Å². The molecule has 2 rings (SSSR count). The summed E-state index contributed by atoms with van der Waals surface area (Å²) in [5.41, 5.74) is -0.527. The molecule has 1 aliphatic carbocycles. The van der Waals surface area contributed by atoms with Crippen LogP contribution in [0.2, 0.25) is 0 Å². The van der Waals surface area contributed by atoms with Gasteiger partial charge in [0.25, 0.3) is 0 Å². The van der Waals surface area contributed by atoms with Crippen molar-refractivity contribution in [3.8, 4) is 0 Å². The maximum absolute atomic E-state index is 12.4. The van der Waals surface area contributed by atoms with Crippen molar-refractivity contribution in [3.05, 3.63) is 42.0 Å². The van der Waals surface area contributed by atoms with E-state index in [9.17, 15) is 13.5 Å². The van der Waals surface area contributed by atoms with Gasteiger partial charge >= 0.3 is 0 Å². The van der Waals surface area contributed by atoms with Gasteiger partial charge in [-0.25, -0.2) is 8.42 Å². The summed E-state index contributed by atoms with van der Waals surface area (Å²) in [7, 11) is -2.26. The van der Waals surface area contributed by atoms with Crippen LogP contribution in [0, 0.1) is 6.92 Å². The quantitative estimate of drug-likeness (QED) is 0.669. The first-order valence-electron chi connectivity index (χ1n) is 5.82. The van der Waals surface area contributed by atoms with Crippen molar-refractivity contribution >= 4 is 10.0 Å². The molecule has 1 atom stereocenters. The number of rotatable bonds is 3. The number of benzene rings is 1. The summed E-state index contributed by atoms with van der Waals surface area (Å²) in [4.78, 5) is 0.207. The Hall–Kier alpha value is -1.17. The minimum atomic E-state index is -3.67. The first kappa shape index (κ1) is 13.3. The predicted octanol–water partition coefficient (Wildman–Crippen LogP) is 1.65. The molecule has 98 valence electrons. The average Bonchev–Trinajstić information content (AvgIpc) is 2.76. The molecule has 0 heterocycles. The van der Waals surface area contributed by atoms with Crippen molar-refractivity contribution in [2.24, 2.45) is 0 Å². The van der Waals surface area contributed by atoms with Gasteiger partial charge in [0, 0.05) is 7.05 Å². The molecule has 0 amide bonds. The third kappa shape index (κ3) is 2.21. The van der Waals surface area contributed by atoms with Gasteiger partial charge in [-0.2, -0.15) is 4.31 Å². The Balaban J connectivity index is 2.40. The average molecular weight is 267 g/mol. The van der Waals surface area contributed by atoms with Crippen LogP contribution in [0.15, 0.2) is 41.3 Å². The van der Waals surface area contributed by atoms with Crippen LogP contribution in [0.25, 0.3) is 0 Å². The minimum absolute atomic E-state index is 0.207. The number of hydrogen-bond donors (Lipinski definition) is 1. The Morgan fingerprint density at radius 2 is 2.11 bits per heavy atom. The third-order valence-corrected chi connectivity index (χ3v) is 5.14. The maximum atomic E-state index is 12.4. The summed E-state index contributed by atoms with van der Waals surface area (Å²) in [5, 5.41) is 10.3. The highest BCUT2D eigenvalue weighted by Crippen LogP contribution is 2.30. The first-order valence-corrected chi connectivity index (χ1v) is 7.26. The lowest BCUT2D eigenvalue weighted by atomic mass is 10.2. The Kier molecular flexibility index (Phi) is 3.31. The monoisotopic (exact) mass is 267 g/mol. The van der Waals surface area contributed by atoms with Crippen molar-refractivity contribution in [1.82, 2.24) is 4.31 Å². The van der Waals surface area contributed by atoms with Crippen LogP contribution in [0.3, 0.4) is 0 Å². The van der Waals surface area contributed by atoms with E-state index in [1.807, 2.05) is 13.0 Å². The molecule has 5 heteroatoms. The molecule has 0 aliphatic heterocycles. The minimum Gasteiger partial charge on any atom is -0.371 e. The molecule has 0 fully saturated rings. The molecule has 0 aromatic heterocycles. The molecular weight excluding hydrogens is 250 g/mol. The van der Waals surface area contributed by atoms with Crippen molar-refractivity contribution in [2.75, 3.05) is 7.05 Å². The fourth-order valence-corrected chi connectivity index (χ4v) is 3.53. The Morgan fingerprint density at radius 1 is 1.39 bits per heavy atom. The lowest BCUT2D eigenvalue weighted by Gasteiger charge is -2.31. The standard InChI is InChI=1S/C13H17NO3S/c1-11-6-5-7-12(10-11)18(16,17)14(2)13(15)8-3-4-9-13/h3,5-8,10,15H,4,9H2,1-2H3. The second kappa shape index (κ2) is 4.50. The van der Waals surface area contributed by atoms with E-state index in [-0.39, 0.29) is 4.90 Å². The number of aryl methyl sites for hydroxylation is 1. The van der Waals surface area contributed by atoms with Gasteiger partial charge in [-0.05, 0) is 43.5 Å². The molecule has 1 aliphatic rings. The van der Waals surface area contributed by atoms with Crippen LogP contribution < -0.4 is 0 Å². The molecule has 0 saturated heterocycles. The largest absolute Gasteiger partial charge is 0.371 e. The number of aliphatic hydroxyl groups is 1. The molecule has 0 radical (unpaired) electrons. The fraction of sp³-hybridized carbons (Fsp3) is 0.385. The molecule has 1 aromatic carbocycles. The maximum Gasteiger partial charge on any atom is 0.245 e. The first-order chi connectivity index (χ1) is 8.36. The second-order valence-electron chi connectivity index (χ2n) is 4.61. The fourth-order valence-electron chi connectivity index (χ4n) is 2.06. The van der Waals surface area contributed by atoms with Crippen LogP contribution in [-0.4, -0.2) is 30.6 Å². The van der Waals surface area contributed by atoms with Crippen LogP contribution in [0.1, 0.15) is 18.4 Å². The summed E-state index contributed by atoms with van der Waals surface area (Å²) in [5.74, 6) is 0. The number of nitrogens with zero attached hydrogens (tertiary/aromatic N) is 1. The SMILES string of the molecule is Cc1cccc(S(=O)(=O)N(C)C2(O)C=CCC2)c1. The van der Waals surface area contributed by atoms with Gasteiger partial charge < -0.3 is 5.11 Å². The van der Waals surface area contributed by atoms with E-state index >= 15 is 0 Å². The molecule has 18 heavy (non-hydrogen) atoms. The van der Waals surface area contributed by atoms with E-state index < -0.39 is 15.7 Å². The number of sulfonamides is 1. The highest BCUT2D eigenvalue weighted by molar-refractivity contribution is 7.89. The molecule has 0 saturated carbocycles. The molecule has 1 unspecified atom stereocenters. The smallest absolute Gasteiger partial charge is 0.245 e. The number of likely N-dealkylation sites (N-methyl/N-ethyl adjacent to an activating group) is 1. The van der Waals surface area contributed by atoms with Gasteiger partial charge in [0.15, 0.2) is 5.72 Å². The van der Waals surface area contributed by atoms with E-state index in [0.717, 1.165) is 9.87 Å². The topological polar surface area (TPSA) is 57.6 Å². The van der Waals surface area contributed by atoms with Crippen molar-refractivity contribution < 1.29 is 13.5 Å². The van der Waals surface area contributed by atoms with Crippen LogP contribution >= 0.6 is 0 Å². The molecule has 0 bridgehead atoms. The van der Waals surface area contributed by atoms with E-state index in [2.05, 4.69) is 0 Å². The van der Waals surface area contributed by atoms with Gasteiger partial charge in [-0.3, -0.25) is 0 Å². The molecule has 4 nitrogen and oxygen atoms in total. The lowest BCUT2D eigenvalue weighted by Crippen LogP contribution is -2.46. The summed E-state index contributed by atoms with van der Waals surface area (Å²) in [6.45, 7) is 1.84. The number of hydrogen-bond acceptors (Lipinski definition) is 3. The highest BCUT2D eigenvalue weighted by Gasteiger charge is 2.39. The lowest BCUT2D eigenvalue weighted by molar-refractivity contribution is -0.00239. The zero-order chi connectivity index (χ0) is 13.4. The third-order valence-electron chi connectivity index (χ3n) is 3.26. The Morgan fingerprint density at radius 3 is 2.67 bits per heavy atom. The van der Waals surface area contributed by atoms with Gasteiger partial charge in [0.2, 0.25) is 10.0 Å². The molecule has 0 spiro atoms. The van der Waals surface area contributed by atoms with Gasteiger partial charge in [0.1, 0.15) is 0 Å². The second-order valence-corrected chi connectivity index (χ2v) is 6.58. The summed E-state index contributed by atoms with van der Waals surface area (Å²) in [6.07, 6.45) is 4.42. The zero-order valence-electron chi connectivity index (χ0n) is 10.5. The normalized spacial score (nSPS) is 23.8. The molecule has 1 N–H and O–H groups in total. The predicted molar refractivity (Wildman–Crippen MR) is 69.5 cm³/mol. The van der Waals surface area contributed by atoms with E-state index in [4.69, 9.17) is 0 Å². The Labute approximate surface area is 108 Å². The molecular formula is C13H17NO3S. The van der Waals surface area contributed by atoms with Crippen molar-refractivity contribution in [3.63, 3.8) is 0 Å². The highest BCUT2D eigenvalue weighted by atomic mass is 32.2. The van der Waals surface area contributed by atoms with Gasteiger partial charge in [0.05, 0.1) is 4.90 Å². The van der Waals surface area contributed by atoms with Crippen molar-refractivity contribution in [1.29, 1.82) is 0 Å². The summed E-state index contributed by atoms with van der Waals surface area (Å²) in [6, 6.07) is 6.68. The summed E-state index contributed by atoms with van der Waals surface area (Å²) >= 11 is 0. The van der Waals surface area contributed by atoms with E-state index in [1.54, 1.807) is 30.4 Å². The van der Waals surface area contributed by atoms with E-state index in [1.165, 1.54) is 7.05 Å². The van der Waals surface area contributed by atoms with Crippen LogP contribution in [0.4, 0.5) is 0 Å².